The van der Waals surface area contributed by atoms with E-state index in [4.69, 9.17) is 11.6 Å². The molecule has 0 aliphatic heterocycles. The summed E-state index contributed by atoms with van der Waals surface area (Å²) in [6.07, 6.45) is 5.67. The van der Waals surface area contributed by atoms with Crippen LogP contribution in [0.25, 0.3) is 0 Å². The van der Waals surface area contributed by atoms with E-state index in [1.807, 2.05) is 12.1 Å². The average molecular weight is 275 g/mol. The molecule has 0 saturated carbocycles. The molecule has 0 bridgehead atoms. The number of carbonyl (C=O) groups excluding carboxylic acids is 1. The van der Waals surface area contributed by atoms with Crippen molar-refractivity contribution in [2.75, 3.05) is 0 Å². The molecule has 0 fully saturated rings. The lowest BCUT2D eigenvalue weighted by Crippen LogP contribution is -2.10. The van der Waals surface area contributed by atoms with Crippen molar-refractivity contribution in [3.63, 3.8) is 0 Å². The summed E-state index contributed by atoms with van der Waals surface area (Å²) in [6.45, 7) is 6.55. The van der Waals surface area contributed by atoms with Gasteiger partial charge in [-0.3, -0.25) is 4.79 Å². The highest BCUT2D eigenvalue weighted by atomic mass is 35.5. The largest absolute Gasteiger partial charge is 0.294 e. The molecular weight excluding hydrogens is 256 g/mol. The predicted octanol–water partition coefficient (Wildman–Crippen LogP) is 5.22. The SMILES string of the molecule is CC(C)(C)C1=C(CC(=O)c2cccc(Cl)c2)CC=C1. The molecule has 1 aromatic carbocycles. The van der Waals surface area contributed by atoms with E-state index in [1.165, 1.54) is 11.1 Å². The van der Waals surface area contributed by atoms with Gasteiger partial charge in [-0.2, -0.15) is 0 Å². The van der Waals surface area contributed by atoms with E-state index in [9.17, 15) is 4.79 Å². The van der Waals surface area contributed by atoms with Crippen molar-refractivity contribution in [3.05, 3.63) is 58.1 Å². The van der Waals surface area contributed by atoms with Gasteiger partial charge in [-0.15, -0.1) is 0 Å². The topological polar surface area (TPSA) is 17.1 Å². The van der Waals surface area contributed by atoms with Crippen LogP contribution in [0, 0.1) is 5.41 Å². The first-order valence-corrected chi connectivity index (χ1v) is 6.93. The van der Waals surface area contributed by atoms with Crippen molar-refractivity contribution in [2.45, 2.75) is 33.6 Å². The normalized spacial score (nSPS) is 15.2. The number of carbonyl (C=O) groups is 1. The minimum atomic E-state index is 0.0942. The fourth-order valence-electron chi connectivity index (χ4n) is 2.45. The number of hydrogen-bond donors (Lipinski definition) is 0. The van der Waals surface area contributed by atoms with Crippen molar-refractivity contribution >= 4 is 17.4 Å². The summed E-state index contributed by atoms with van der Waals surface area (Å²) in [4.78, 5) is 12.3. The summed E-state index contributed by atoms with van der Waals surface area (Å²) in [5, 5.41) is 0.612. The number of rotatable bonds is 3. The Morgan fingerprint density at radius 3 is 2.68 bits per heavy atom. The van der Waals surface area contributed by atoms with Gasteiger partial charge < -0.3 is 0 Å². The van der Waals surface area contributed by atoms with E-state index in [0.717, 1.165) is 6.42 Å². The van der Waals surface area contributed by atoms with Crippen molar-refractivity contribution in [1.29, 1.82) is 0 Å². The van der Waals surface area contributed by atoms with Gasteiger partial charge in [0.1, 0.15) is 0 Å². The second-order valence-electron chi connectivity index (χ2n) is 5.98. The second-order valence-corrected chi connectivity index (χ2v) is 6.42. The van der Waals surface area contributed by atoms with E-state index < -0.39 is 0 Å². The van der Waals surface area contributed by atoms with Gasteiger partial charge in [-0.25, -0.2) is 0 Å². The Morgan fingerprint density at radius 2 is 2.05 bits per heavy atom. The number of halogens is 1. The number of Topliss-reactive ketones (excluding diaryl/α,β-unsaturated/α-hetero) is 1. The molecule has 1 aliphatic rings. The van der Waals surface area contributed by atoms with Gasteiger partial charge in [0, 0.05) is 17.0 Å². The zero-order valence-electron chi connectivity index (χ0n) is 11.7. The van der Waals surface area contributed by atoms with Crippen molar-refractivity contribution in [1.82, 2.24) is 0 Å². The van der Waals surface area contributed by atoms with Crippen LogP contribution in [-0.4, -0.2) is 5.78 Å². The fourth-order valence-corrected chi connectivity index (χ4v) is 2.64. The molecule has 0 saturated heterocycles. The molecule has 2 heteroatoms. The van der Waals surface area contributed by atoms with Crippen molar-refractivity contribution < 1.29 is 4.79 Å². The second kappa shape index (κ2) is 5.34. The third-order valence-corrected chi connectivity index (χ3v) is 3.59. The first-order chi connectivity index (χ1) is 8.88. The Morgan fingerprint density at radius 1 is 1.32 bits per heavy atom. The Kier molecular flexibility index (Phi) is 3.96. The number of ketones is 1. The van der Waals surface area contributed by atoms with Gasteiger partial charge in [-0.1, -0.05) is 62.2 Å². The number of benzene rings is 1. The number of allylic oxidation sites excluding steroid dienone is 4. The molecule has 100 valence electrons. The third-order valence-electron chi connectivity index (χ3n) is 3.36. The van der Waals surface area contributed by atoms with E-state index >= 15 is 0 Å². The molecule has 0 unspecified atom stereocenters. The average Bonchev–Trinajstić information content (AvgIpc) is 2.77. The van der Waals surface area contributed by atoms with Crippen LogP contribution in [0.15, 0.2) is 47.6 Å². The molecule has 1 nitrogen and oxygen atoms in total. The van der Waals surface area contributed by atoms with Gasteiger partial charge in [-0.05, 0) is 29.5 Å². The zero-order valence-corrected chi connectivity index (χ0v) is 12.4. The molecule has 0 amide bonds. The molecule has 0 heterocycles. The van der Waals surface area contributed by atoms with Gasteiger partial charge in [0.2, 0.25) is 0 Å². The Balaban J connectivity index is 2.20. The van der Waals surface area contributed by atoms with E-state index in [0.29, 0.717) is 17.0 Å². The summed E-state index contributed by atoms with van der Waals surface area (Å²) in [7, 11) is 0. The lowest BCUT2D eigenvalue weighted by Gasteiger charge is -2.21. The molecule has 0 atom stereocenters. The van der Waals surface area contributed by atoms with Crippen LogP contribution in [0.3, 0.4) is 0 Å². The van der Waals surface area contributed by atoms with Crippen LogP contribution < -0.4 is 0 Å². The van der Waals surface area contributed by atoms with Gasteiger partial charge in [0.05, 0.1) is 0 Å². The molecule has 0 spiro atoms. The van der Waals surface area contributed by atoms with Gasteiger partial charge in [0.25, 0.3) is 0 Å². The smallest absolute Gasteiger partial charge is 0.166 e. The molecule has 2 rings (SSSR count). The van der Waals surface area contributed by atoms with Crippen LogP contribution >= 0.6 is 11.6 Å². The van der Waals surface area contributed by atoms with Crippen LogP contribution in [0.5, 0.6) is 0 Å². The summed E-state index contributed by atoms with van der Waals surface area (Å²) in [6, 6.07) is 7.17. The highest BCUT2D eigenvalue weighted by Gasteiger charge is 2.23. The van der Waals surface area contributed by atoms with E-state index in [2.05, 4.69) is 32.9 Å². The monoisotopic (exact) mass is 274 g/mol. The van der Waals surface area contributed by atoms with Crippen molar-refractivity contribution in [3.8, 4) is 0 Å². The minimum absolute atomic E-state index is 0.0942. The molecular formula is C17H19ClO. The lowest BCUT2D eigenvalue weighted by molar-refractivity contribution is 0.0992. The number of hydrogen-bond acceptors (Lipinski definition) is 1. The van der Waals surface area contributed by atoms with Crippen molar-refractivity contribution in [2.24, 2.45) is 5.41 Å². The van der Waals surface area contributed by atoms with E-state index in [1.54, 1.807) is 12.1 Å². The highest BCUT2D eigenvalue weighted by molar-refractivity contribution is 6.31. The Hall–Kier alpha value is -1.34. The predicted molar refractivity (Wildman–Crippen MR) is 80.6 cm³/mol. The zero-order chi connectivity index (χ0) is 14.0. The quantitative estimate of drug-likeness (QED) is 0.691. The highest BCUT2D eigenvalue weighted by Crippen LogP contribution is 2.36. The Bertz CT molecular complexity index is 559. The molecule has 0 radical (unpaired) electrons. The molecule has 0 aromatic heterocycles. The summed E-state index contributed by atoms with van der Waals surface area (Å²) in [5.41, 5.74) is 3.32. The summed E-state index contributed by atoms with van der Waals surface area (Å²) in [5.74, 6) is 0.142. The van der Waals surface area contributed by atoms with Gasteiger partial charge >= 0.3 is 0 Å². The first-order valence-electron chi connectivity index (χ1n) is 6.56. The van der Waals surface area contributed by atoms with E-state index in [-0.39, 0.29) is 11.2 Å². The standard InChI is InChI=1S/C17H19ClO/c1-17(2,3)15-9-5-6-12(15)11-16(19)13-7-4-8-14(18)10-13/h4-5,7-10H,6,11H2,1-3H3. The maximum absolute atomic E-state index is 12.3. The third kappa shape index (κ3) is 3.36. The first kappa shape index (κ1) is 14.1. The molecule has 1 aliphatic carbocycles. The van der Waals surface area contributed by atoms with Crippen LogP contribution in [-0.2, 0) is 0 Å². The minimum Gasteiger partial charge on any atom is -0.294 e. The molecule has 0 N–H and O–H groups in total. The van der Waals surface area contributed by atoms with Crippen LogP contribution in [0.4, 0.5) is 0 Å². The van der Waals surface area contributed by atoms with Crippen LogP contribution in [0.1, 0.15) is 44.0 Å². The maximum Gasteiger partial charge on any atom is 0.166 e. The molecule has 19 heavy (non-hydrogen) atoms. The summed E-state index contributed by atoms with van der Waals surface area (Å²) >= 11 is 5.93. The maximum atomic E-state index is 12.3. The lowest BCUT2D eigenvalue weighted by atomic mass is 9.83. The van der Waals surface area contributed by atoms with Gasteiger partial charge in [0.15, 0.2) is 5.78 Å². The summed E-state index contributed by atoms with van der Waals surface area (Å²) < 4.78 is 0. The fraction of sp³-hybridized carbons (Fsp3) is 0.353. The Labute approximate surface area is 120 Å². The van der Waals surface area contributed by atoms with Crippen LogP contribution in [0.2, 0.25) is 5.02 Å². The molecule has 1 aromatic rings.